The Kier molecular flexibility index (Phi) is 7.11. The fraction of sp³-hybridized carbons (Fsp3) is 0.286. The highest BCUT2D eigenvalue weighted by Gasteiger charge is 2.09. The van der Waals surface area contributed by atoms with Gasteiger partial charge < -0.3 is 16.0 Å². The Hall–Kier alpha value is -3.15. The summed E-state index contributed by atoms with van der Waals surface area (Å²) in [5.41, 5.74) is 2.83. The van der Waals surface area contributed by atoms with E-state index in [1.54, 1.807) is 36.4 Å². The molecule has 3 amide bonds. The summed E-state index contributed by atoms with van der Waals surface area (Å²) >= 11 is 0. The molecule has 0 aliphatic rings. The smallest absolute Gasteiger partial charge is 0.251 e. The Labute approximate surface area is 159 Å². The molecule has 0 aromatic heterocycles. The van der Waals surface area contributed by atoms with Crippen LogP contribution in [0.4, 0.5) is 11.4 Å². The lowest BCUT2D eigenvalue weighted by atomic mass is 10.1. The monoisotopic (exact) mass is 367 g/mol. The zero-order valence-electron chi connectivity index (χ0n) is 15.8. The standard InChI is InChI=1S/C21H25N3O3/c1-14(2)12-19(25)23-17-8-10-18(11-9-17)24-20(26)13-22-21(27)16-6-4-15(3)5-7-16/h4-11,14H,12-13H2,1-3H3,(H,22,27)(H,23,25)(H,24,26). The summed E-state index contributed by atoms with van der Waals surface area (Å²) in [7, 11) is 0. The van der Waals surface area contributed by atoms with Crippen molar-refractivity contribution in [1.82, 2.24) is 5.32 Å². The van der Waals surface area contributed by atoms with Crippen molar-refractivity contribution < 1.29 is 14.4 Å². The van der Waals surface area contributed by atoms with Crippen molar-refractivity contribution in [1.29, 1.82) is 0 Å². The summed E-state index contributed by atoms with van der Waals surface area (Å²) in [6.45, 7) is 5.78. The van der Waals surface area contributed by atoms with Gasteiger partial charge in [-0.15, -0.1) is 0 Å². The van der Waals surface area contributed by atoms with Crippen LogP contribution in [0.2, 0.25) is 0 Å². The molecule has 0 fully saturated rings. The number of rotatable bonds is 7. The van der Waals surface area contributed by atoms with E-state index in [9.17, 15) is 14.4 Å². The van der Waals surface area contributed by atoms with Crippen molar-refractivity contribution in [3.8, 4) is 0 Å². The summed E-state index contributed by atoms with van der Waals surface area (Å²) in [6.07, 6.45) is 0.458. The summed E-state index contributed by atoms with van der Waals surface area (Å²) in [6, 6.07) is 14.0. The van der Waals surface area contributed by atoms with Crippen LogP contribution in [-0.4, -0.2) is 24.3 Å². The maximum Gasteiger partial charge on any atom is 0.251 e. The van der Waals surface area contributed by atoms with E-state index in [-0.39, 0.29) is 24.3 Å². The average Bonchev–Trinajstić information content (AvgIpc) is 2.61. The molecular weight excluding hydrogens is 342 g/mol. The van der Waals surface area contributed by atoms with E-state index < -0.39 is 0 Å². The van der Waals surface area contributed by atoms with Gasteiger partial charge in [0.25, 0.3) is 5.91 Å². The summed E-state index contributed by atoms with van der Waals surface area (Å²) in [5, 5.41) is 8.10. The maximum absolute atomic E-state index is 12.0. The van der Waals surface area contributed by atoms with E-state index >= 15 is 0 Å². The molecule has 2 aromatic carbocycles. The van der Waals surface area contributed by atoms with E-state index in [4.69, 9.17) is 0 Å². The van der Waals surface area contributed by atoms with Crippen molar-refractivity contribution >= 4 is 29.1 Å². The Morgan fingerprint density at radius 2 is 1.33 bits per heavy atom. The van der Waals surface area contributed by atoms with Crippen LogP contribution >= 0.6 is 0 Å². The normalized spacial score (nSPS) is 10.4. The minimum Gasteiger partial charge on any atom is -0.343 e. The first kappa shape index (κ1) is 20.2. The highest BCUT2D eigenvalue weighted by atomic mass is 16.2. The van der Waals surface area contributed by atoms with Gasteiger partial charge in [0.05, 0.1) is 6.54 Å². The van der Waals surface area contributed by atoms with Crippen LogP contribution in [-0.2, 0) is 9.59 Å². The van der Waals surface area contributed by atoms with Crippen molar-refractivity contribution in [3.05, 3.63) is 59.7 Å². The molecule has 0 radical (unpaired) electrons. The molecule has 0 aliphatic heterocycles. The zero-order chi connectivity index (χ0) is 19.8. The Morgan fingerprint density at radius 3 is 1.85 bits per heavy atom. The number of aryl methyl sites for hydroxylation is 1. The topological polar surface area (TPSA) is 87.3 Å². The minimum atomic E-state index is -0.327. The van der Waals surface area contributed by atoms with Gasteiger partial charge in [-0.3, -0.25) is 14.4 Å². The molecular formula is C21H25N3O3. The van der Waals surface area contributed by atoms with Gasteiger partial charge in [-0.2, -0.15) is 0 Å². The van der Waals surface area contributed by atoms with Crippen LogP contribution in [0.1, 0.15) is 36.2 Å². The molecule has 2 aromatic rings. The fourth-order valence-electron chi connectivity index (χ4n) is 2.39. The molecule has 0 heterocycles. The zero-order valence-corrected chi connectivity index (χ0v) is 15.8. The van der Waals surface area contributed by atoms with Gasteiger partial charge in [0, 0.05) is 23.4 Å². The third kappa shape index (κ3) is 6.93. The van der Waals surface area contributed by atoms with E-state index in [0.717, 1.165) is 5.56 Å². The molecule has 3 N–H and O–H groups in total. The molecule has 6 heteroatoms. The molecule has 27 heavy (non-hydrogen) atoms. The van der Waals surface area contributed by atoms with Crippen LogP contribution in [0, 0.1) is 12.8 Å². The van der Waals surface area contributed by atoms with Gasteiger partial charge in [0.1, 0.15) is 0 Å². The summed E-state index contributed by atoms with van der Waals surface area (Å²) in [5.74, 6) is -0.375. The third-order valence-electron chi connectivity index (χ3n) is 3.77. The molecule has 142 valence electrons. The van der Waals surface area contributed by atoms with Crippen LogP contribution in [0.3, 0.4) is 0 Å². The Morgan fingerprint density at radius 1 is 0.815 bits per heavy atom. The van der Waals surface area contributed by atoms with E-state index in [0.29, 0.717) is 29.3 Å². The molecule has 0 spiro atoms. The highest BCUT2D eigenvalue weighted by Crippen LogP contribution is 2.14. The van der Waals surface area contributed by atoms with Gasteiger partial charge >= 0.3 is 0 Å². The Balaban J connectivity index is 1.80. The molecule has 0 unspecified atom stereocenters. The van der Waals surface area contributed by atoms with Crippen LogP contribution in [0.5, 0.6) is 0 Å². The number of hydrogen-bond acceptors (Lipinski definition) is 3. The lowest BCUT2D eigenvalue weighted by molar-refractivity contribution is -0.117. The lowest BCUT2D eigenvalue weighted by Gasteiger charge is -2.09. The number of anilines is 2. The highest BCUT2D eigenvalue weighted by molar-refractivity contribution is 5.99. The molecule has 6 nitrogen and oxygen atoms in total. The first-order valence-corrected chi connectivity index (χ1v) is 8.88. The predicted molar refractivity (Wildman–Crippen MR) is 107 cm³/mol. The van der Waals surface area contributed by atoms with Crippen molar-refractivity contribution in [2.75, 3.05) is 17.2 Å². The fourth-order valence-corrected chi connectivity index (χ4v) is 2.39. The number of benzene rings is 2. The molecule has 2 rings (SSSR count). The van der Waals surface area contributed by atoms with Gasteiger partial charge in [-0.05, 0) is 49.2 Å². The number of carbonyl (C=O) groups excluding carboxylic acids is 3. The molecule has 0 saturated carbocycles. The predicted octanol–water partition coefficient (Wildman–Crippen LogP) is 3.35. The maximum atomic E-state index is 12.0. The van der Waals surface area contributed by atoms with Crippen molar-refractivity contribution in [2.24, 2.45) is 5.92 Å². The quantitative estimate of drug-likeness (QED) is 0.701. The molecule has 0 aliphatic carbocycles. The van der Waals surface area contributed by atoms with Crippen LogP contribution in [0.15, 0.2) is 48.5 Å². The molecule has 0 saturated heterocycles. The molecule has 0 atom stereocenters. The Bertz CT molecular complexity index is 796. The number of amides is 3. The molecule has 0 bridgehead atoms. The van der Waals surface area contributed by atoms with Crippen molar-refractivity contribution in [3.63, 3.8) is 0 Å². The SMILES string of the molecule is Cc1ccc(C(=O)NCC(=O)Nc2ccc(NC(=O)CC(C)C)cc2)cc1. The van der Waals surface area contributed by atoms with E-state index in [2.05, 4.69) is 16.0 Å². The van der Waals surface area contributed by atoms with Gasteiger partial charge in [0.2, 0.25) is 11.8 Å². The van der Waals surface area contributed by atoms with Crippen LogP contribution in [0.25, 0.3) is 0 Å². The second-order valence-corrected chi connectivity index (χ2v) is 6.82. The largest absolute Gasteiger partial charge is 0.343 e. The second-order valence-electron chi connectivity index (χ2n) is 6.82. The van der Waals surface area contributed by atoms with E-state index in [1.807, 2.05) is 32.9 Å². The van der Waals surface area contributed by atoms with E-state index in [1.165, 1.54) is 0 Å². The second kappa shape index (κ2) is 9.52. The minimum absolute atomic E-state index is 0.0411. The average molecular weight is 367 g/mol. The number of hydrogen-bond donors (Lipinski definition) is 3. The van der Waals surface area contributed by atoms with Gasteiger partial charge in [-0.1, -0.05) is 31.5 Å². The first-order valence-electron chi connectivity index (χ1n) is 8.88. The number of carbonyl (C=O) groups is 3. The summed E-state index contributed by atoms with van der Waals surface area (Å²) in [4.78, 5) is 35.7. The first-order chi connectivity index (χ1) is 12.8. The number of nitrogens with one attached hydrogen (secondary N) is 3. The van der Waals surface area contributed by atoms with Gasteiger partial charge in [-0.25, -0.2) is 0 Å². The third-order valence-corrected chi connectivity index (χ3v) is 3.77. The lowest BCUT2D eigenvalue weighted by Crippen LogP contribution is -2.32. The summed E-state index contributed by atoms with van der Waals surface area (Å²) < 4.78 is 0. The van der Waals surface area contributed by atoms with Crippen LogP contribution < -0.4 is 16.0 Å². The van der Waals surface area contributed by atoms with Crippen molar-refractivity contribution in [2.45, 2.75) is 27.2 Å². The van der Waals surface area contributed by atoms with Gasteiger partial charge in [0.15, 0.2) is 0 Å².